The topological polar surface area (TPSA) is 109 Å². The Hall–Kier alpha value is -4.38. The summed E-state index contributed by atoms with van der Waals surface area (Å²) in [6.45, 7) is 5.13. The largest absolute Gasteiger partial charge is 0.497 e. The highest BCUT2D eigenvalue weighted by molar-refractivity contribution is 7.07. The number of rotatable bonds is 9. The van der Waals surface area contributed by atoms with Crippen molar-refractivity contribution in [1.29, 1.82) is 0 Å². The zero-order valence-corrected chi connectivity index (χ0v) is 24.9. The van der Waals surface area contributed by atoms with E-state index in [0.717, 1.165) is 31.5 Å². The minimum Gasteiger partial charge on any atom is -0.497 e. The number of benzene rings is 2. The van der Waals surface area contributed by atoms with Crippen LogP contribution in [0.25, 0.3) is 6.08 Å². The summed E-state index contributed by atoms with van der Waals surface area (Å²) in [5.41, 5.74) is 1.95. The van der Waals surface area contributed by atoms with Crippen molar-refractivity contribution >= 4 is 29.3 Å². The highest BCUT2D eigenvalue weighted by atomic mass is 32.1. The van der Waals surface area contributed by atoms with E-state index in [0.29, 0.717) is 43.4 Å². The molecule has 2 aliphatic heterocycles. The number of likely N-dealkylation sites (tertiary alicyclic amines) is 1. The van der Waals surface area contributed by atoms with Crippen LogP contribution in [0.15, 0.2) is 63.5 Å². The van der Waals surface area contributed by atoms with E-state index >= 15 is 0 Å². The van der Waals surface area contributed by atoms with Crippen molar-refractivity contribution in [2.45, 2.75) is 32.7 Å². The van der Waals surface area contributed by atoms with Crippen LogP contribution in [0.5, 0.6) is 17.2 Å². The molecule has 3 heterocycles. The van der Waals surface area contributed by atoms with E-state index in [2.05, 4.69) is 4.99 Å². The lowest BCUT2D eigenvalue weighted by atomic mass is 9.96. The summed E-state index contributed by atoms with van der Waals surface area (Å²) < 4.78 is 23.9. The Kier molecular flexibility index (Phi) is 8.77. The molecule has 1 atom stereocenters. The first-order chi connectivity index (χ1) is 20.3. The first kappa shape index (κ1) is 29.1. The van der Waals surface area contributed by atoms with Crippen LogP contribution in [0.4, 0.5) is 0 Å². The van der Waals surface area contributed by atoms with Gasteiger partial charge >= 0.3 is 5.97 Å². The number of thiazole rings is 1. The Labute approximate surface area is 247 Å². The lowest BCUT2D eigenvalue weighted by Crippen LogP contribution is -2.39. The number of aromatic nitrogens is 1. The van der Waals surface area contributed by atoms with Gasteiger partial charge in [0, 0.05) is 13.1 Å². The van der Waals surface area contributed by atoms with Gasteiger partial charge in [0.05, 0.1) is 42.7 Å². The number of ether oxygens (including phenoxy) is 4. The van der Waals surface area contributed by atoms with Gasteiger partial charge in [0.25, 0.3) is 11.5 Å². The van der Waals surface area contributed by atoms with Crippen molar-refractivity contribution < 1.29 is 28.5 Å². The summed E-state index contributed by atoms with van der Waals surface area (Å²) in [7, 11) is 3.10. The fourth-order valence-electron chi connectivity index (χ4n) is 5.14. The van der Waals surface area contributed by atoms with Gasteiger partial charge in [0.15, 0.2) is 22.9 Å². The zero-order valence-electron chi connectivity index (χ0n) is 24.0. The highest BCUT2D eigenvalue weighted by Gasteiger charge is 2.33. The van der Waals surface area contributed by atoms with Crippen molar-refractivity contribution in [2.75, 3.05) is 40.5 Å². The van der Waals surface area contributed by atoms with E-state index < -0.39 is 12.0 Å². The third kappa shape index (κ3) is 5.82. The molecule has 0 bridgehead atoms. The monoisotopic (exact) mass is 591 g/mol. The first-order valence-electron chi connectivity index (χ1n) is 13.8. The SMILES string of the molecule is CCOC(=O)C1=C(C)N=c2s/c(=C/c3ccc(OCC(=O)N4CCCC4)c(OC)c3)c(=O)n2[C@@H]1c1ccc(OC)cc1. The van der Waals surface area contributed by atoms with Crippen LogP contribution < -0.4 is 29.1 Å². The maximum absolute atomic E-state index is 13.9. The average molecular weight is 592 g/mol. The molecular formula is C31H33N3O7S. The molecule has 1 aromatic heterocycles. The minimum atomic E-state index is -0.716. The molecule has 2 aliphatic rings. The van der Waals surface area contributed by atoms with Crippen molar-refractivity contribution in [3.05, 3.63) is 84.5 Å². The lowest BCUT2D eigenvalue weighted by molar-refractivity contribution is -0.139. The van der Waals surface area contributed by atoms with E-state index in [1.165, 1.54) is 23.0 Å². The molecule has 0 aliphatic carbocycles. The van der Waals surface area contributed by atoms with E-state index in [-0.39, 0.29) is 24.7 Å². The molecule has 1 saturated heterocycles. The Morgan fingerprint density at radius 1 is 1.05 bits per heavy atom. The number of allylic oxidation sites excluding steroid dienone is 1. The van der Waals surface area contributed by atoms with Gasteiger partial charge in [-0.2, -0.15) is 0 Å². The maximum atomic E-state index is 13.9. The second-order valence-electron chi connectivity index (χ2n) is 9.86. The molecule has 11 heteroatoms. The van der Waals surface area contributed by atoms with Crippen LogP contribution >= 0.6 is 11.3 Å². The zero-order chi connectivity index (χ0) is 29.8. The van der Waals surface area contributed by atoms with Gasteiger partial charge in [-0.1, -0.05) is 29.5 Å². The summed E-state index contributed by atoms with van der Waals surface area (Å²) in [4.78, 5) is 46.3. The van der Waals surface area contributed by atoms with Crippen LogP contribution in [-0.4, -0.2) is 61.9 Å². The standard InChI is InChI=1S/C31H33N3O7S/c1-5-40-30(37)27-19(2)32-31-34(28(27)21-9-11-22(38-3)12-10-21)29(36)25(42-31)17-20-8-13-23(24(16-20)39-4)41-18-26(35)33-14-6-7-15-33/h8-13,16-17,28H,5-7,14-15,18H2,1-4H3/b25-17+/t28-/m1/s1. The van der Waals surface area contributed by atoms with E-state index in [4.69, 9.17) is 18.9 Å². The van der Waals surface area contributed by atoms with Crippen molar-refractivity contribution in [2.24, 2.45) is 4.99 Å². The fraction of sp³-hybridized carbons (Fsp3) is 0.355. The molecule has 0 unspecified atom stereocenters. The van der Waals surface area contributed by atoms with Gasteiger partial charge in [0.1, 0.15) is 5.75 Å². The summed E-state index contributed by atoms with van der Waals surface area (Å²) >= 11 is 1.23. The van der Waals surface area contributed by atoms with Crippen LogP contribution in [0.1, 0.15) is 43.9 Å². The second kappa shape index (κ2) is 12.6. The van der Waals surface area contributed by atoms with E-state index in [1.54, 1.807) is 62.3 Å². The molecule has 42 heavy (non-hydrogen) atoms. The van der Waals surface area contributed by atoms with Crippen LogP contribution in [-0.2, 0) is 14.3 Å². The number of nitrogens with zero attached hydrogens (tertiary/aromatic N) is 3. The first-order valence-corrected chi connectivity index (χ1v) is 14.6. The second-order valence-corrected chi connectivity index (χ2v) is 10.9. The maximum Gasteiger partial charge on any atom is 0.338 e. The summed E-state index contributed by atoms with van der Waals surface area (Å²) in [5, 5.41) is 0. The summed E-state index contributed by atoms with van der Waals surface area (Å²) in [5.74, 6) is 0.979. The van der Waals surface area contributed by atoms with Crippen LogP contribution in [0.2, 0.25) is 0 Å². The molecule has 220 valence electrons. The molecule has 10 nitrogen and oxygen atoms in total. The molecule has 0 saturated carbocycles. The van der Waals surface area contributed by atoms with E-state index in [9.17, 15) is 14.4 Å². The van der Waals surface area contributed by atoms with Gasteiger partial charge in [0.2, 0.25) is 0 Å². The summed E-state index contributed by atoms with van der Waals surface area (Å²) in [6.07, 6.45) is 3.78. The molecular weight excluding hydrogens is 558 g/mol. The third-order valence-electron chi connectivity index (χ3n) is 7.24. The molecule has 1 fully saturated rings. The number of amides is 1. The van der Waals surface area contributed by atoms with Crippen molar-refractivity contribution in [3.63, 3.8) is 0 Å². The number of methoxy groups -OCH3 is 2. The van der Waals surface area contributed by atoms with Crippen LogP contribution in [0, 0.1) is 0 Å². The molecule has 3 aromatic rings. The number of carbonyl (C=O) groups excluding carboxylic acids is 2. The molecule has 5 rings (SSSR count). The lowest BCUT2D eigenvalue weighted by Gasteiger charge is -2.24. The molecule has 2 aromatic carbocycles. The van der Waals surface area contributed by atoms with Crippen LogP contribution in [0.3, 0.4) is 0 Å². The van der Waals surface area contributed by atoms with Crippen molar-refractivity contribution in [1.82, 2.24) is 9.47 Å². The Bertz CT molecular complexity index is 1700. The van der Waals surface area contributed by atoms with Gasteiger partial charge < -0.3 is 23.8 Å². The highest BCUT2D eigenvalue weighted by Crippen LogP contribution is 2.32. The van der Waals surface area contributed by atoms with Gasteiger partial charge in [-0.3, -0.25) is 14.2 Å². The summed E-state index contributed by atoms with van der Waals surface area (Å²) in [6, 6.07) is 11.8. The number of fused-ring (bicyclic) bond motifs is 1. The molecule has 0 spiro atoms. The van der Waals surface area contributed by atoms with Gasteiger partial charge in [-0.25, -0.2) is 9.79 Å². The predicted octanol–water partition coefficient (Wildman–Crippen LogP) is 2.82. The number of esters is 1. The van der Waals surface area contributed by atoms with E-state index in [1.807, 2.05) is 12.1 Å². The van der Waals surface area contributed by atoms with Crippen molar-refractivity contribution in [3.8, 4) is 17.2 Å². The van der Waals surface area contributed by atoms with Gasteiger partial charge in [-0.05, 0) is 68.2 Å². The molecule has 1 amide bonds. The predicted molar refractivity (Wildman–Crippen MR) is 158 cm³/mol. The minimum absolute atomic E-state index is 0.0522. The third-order valence-corrected chi connectivity index (χ3v) is 8.23. The normalized spacial score (nSPS) is 16.6. The fourth-order valence-corrected chi connectivity index (χ4v) is 6.18. The number of carbonyl (C=O) groups is 2. The quantitative estimate of drug-likeness (QED) is 0.352. The Balaban J connectivity index is 1.51. The van der Waals surface area contributed by atoms with Gasteiger partial charge in [-0.15, -0.1) is 0 Å². The Morgan fingerprint density at radius 2 is 1.79 bits per heavy atom. The smallest absolute Gasteiger partial charge is 0.338 e. The average Bonchev–Trinajstić information content (AvgIpc) is 3.64. The number of hydrogen-bond acceptors (Lipinski definition) is 9. The number of hydrogen-bond donors (Lipinski definition) is 0. The Morgan fingerprint density at radius 3 is 2.45 bits per heavy atom. The molecule has 0 N–H and O–H groups in total. The molecule has 0 radical (unpaired) electrons.